The number of carbonyl (C=O) groups is 1. The second-order valence-corrected chi connectivity index (χ2v) is 6.04. The van der Waals surface area contributed by atoms with Crippen LogP contribution in [0.4, 0.5) is 4.79 Å². The zero-order chi connectivity index (χ0) is 16.9. The van der Waals surface area contributed by atoms with E-state index in [1.54, 1.807) is 17.4 Å². The van der Waals surface area contributed by atoms with E-state index >= 15 is 0 Å². The first kappa shape index (κ1) is 16.3. The fraction of sp³-hybridized carbons (Fsp3) is 0.471. The number of nitrogens with zero attached hydrogens (tertiary/aromatic N) is 3. The van der Waals surface area contributed by atoms with Crippen molar-refractivity contribution in [1.82, 2.24) is 24.8 Å². The highest BCUT2D eigenvalue weighted by Gasteiger charge is 2.21. The highest BCUT2D eigenvalue weighted by atomic mass is 16.5. The molecule has 0 atom stereocenters. The number of carbonyl (C=O) groups excluding carboxylic acids is 1. The predicted octanol–water partition coefficient (Wildman–Crippen LogP) is 3.46. The maximum Gasteiger partial charge on any atom is 0.409 e. The molecule has 1 saturated carbocycles. The quantitative estimate of drug-likeness (QED) is 0.716. The lowest BCUT2D eigenvalue weighted by Gasteiger charge is -2.29. The normalized spacial score (nSPS) is 15.1. The minimum atomic E-state index is -0.207. The third kappa shape index (κ3) is 3.34. The van der Waals surface area contributed by atoms with Gasteiger partial charge in [-0.1, -0.05) is 19.3 Å². The number of methoxy groups -OCH3 is 1. The Morgan fingerprint density at radius 3 is 2.79 bits per heavy atom. The summed E-state index contributed by atoms with van der Waals surface area (Å²) in [6.45, 7) is 0. The summed E-state index contributed by atoms with van der Waals surface area (Å²) in [4.78, 5) is 27.3. The Kier molecular flexibility index (Phi) is 4.98. The molecular formula is C17H23N5O2. The van der Waals surface area contributed by atoms with E-state index in [0.717, 1.165) is 34.9 Å². The molecule has 0 radical (unpaired) electrons. The van der Waals surface area contributed by atoms with E-state index < -0.39 is 0 Å². The minimum absolute atomic E-state index is 0.207. The van der Waals surface area contributed by atoms with Crippen LogP contribution in [0.2, 0.25) is 0 Å². The molecule has 0 aromatic carbocycles. The monoisotopic (exact) mass is 329 g/mol. The van der Waals surface area contributed by atoms with Crippen LogP contribution in [-0.2, 0) is 4.74 Å². The number of amides is 1. The lowest BCUT2D eigenvalue weighted by atomic mass is 9.95. The number of aromatic nitrogens is 4. The number of imidazole rings is 1. The van der Waals surface area contributed by atoms with E-state index in [1.807, 2.05) is 19.3 Å². The Balaban J connectivity index is 0.000000141. The highest BCUT2D eigenvalue weighted by Crippen LogP contribution is 2.21. The third-order valence-electron chi connectivity index (χ3n) is 4.56. The molecule has 3 heterocycles. The molecule has 0 saturated heterocycles. The summed E-state index contributed by atoms with van der Waals surface area (Å²) in [5.74, 6) is 0. The fourth-order valence-corrected chi connectivity index (χ4v) is 3.17. The Labute approximate surface area is 140 Å². The Morgan fingerprint density at radius 1 is 1.25 bits per heavy atom. The zero-order valence-corrected chi connectivity index (χ0v) is 14.1. The van der Waals surface area contributed by atoms with E-state index in [4.69, 9.17) is 0 Å². The zero-order valence-electron chi connectivity index (χ0n) is 14.1. The average Bonchev–Trinajstić information content (AvgIpc) is 3.29. The van der Waals surface area contributed by atoms with Crippen molar-refractivity contribution in [2.45, 2.75) is 38.1 Å². The van der Waals surface area contributed by atoms with Gasteiger partial charge >= 0.3 is 6.09 Å². The SMILES string of the molecule is COC(=O)N(C)C1CCCCC1.c1nc2c(cnc3[nH]ccc32)[nH]1. The van der Waals surface area contributed by atoms with Gasteiger partial charge in [0.1, 0.15) is 11.2 Å². The van der Waals surface area contributed by atoms with Gasteiger partial charge in [0.15, 0.2) is 0 Å². The van der Waals surface area contributed by atoms with Gasteiger partial charge in [-0.2, -0.15) is 0 Å². The van der Waals surface area contributed by atoms with Crippen LogP contribution in [0.5, 0.6) is 0 Å². The predicted molar refractivity (Wildman–Crippen MR) is 92.8 cm³/mol. The summed E-state index contributed by atoms with van der Waals surface area (Å²) in [5.41, 5.74) is 2.83. The largest absolute Gasteiger partial charge is 0.453 e. The summed E-state index contributed by atoms with van der Waals surface area (Å²) < 4.78 is 4.65. The first-order chi connectivity index (χ1) is 11.7. The van der Waals surface area contributed by atoms with Gasteiger partial charge in [-0.15, -0.1) is 0 Å². The van der Waals surface area contributed by atoms with Crippen molar-refractivity contribution in [3.8, 4) is 0 Å². The molecule has 4 rings (SSSR count). The molecule has 2 N–H and O–H groups in total. The molecule has 1 fully saturated rings. The number of fused-ring (bicyclic) bond motifs is 3. The number of pyridine rings is 1. The van der Waals surface area contributed by atoms with Gasteiger partial charge in [0.2, 0.25) is 0 Å². The molecule has 1 amide bonds. The average molecular weight is 329 g/mol. The molecule has 7 heteroatoms. The maximum atomic E-state index is 11.1. The number of H-pyrrole nitrogens is 2. The van der Waals surface area contributed by atoms with Crippen LogP contribution < -0.4 is 0 Å². The smallest absolute Gasteiger partial charge is 0.409 e. The Hall–Kier alpha value is -2.57. The van der Waals surface area contributed by atoms with Gasteiger partial charge in [0, 0.05) is 24.7 Å². The highest BCUT2D eigenvalue weighted by molar-refractivity contribution is 6.00. The second-order valence-electron chi connectivity index (χ2n) is 6.04. The second kappa shape index (κ2) is 7.33. The first-order valence-electron chi connectivity index (χ1n) is 8.26. The van der Waals surface area contributed by atoms with E-state index in [-0.39, 0.29) is 6.09 Å². The van der Waals surface area contributed by atoms with Crippen molar-refractivity contribution in [3.63, 3.8) is 0 Å². The van der Waals surface area contributed by atoms with Crippen molar-refractivity contribution in [2.24, 2.45) is 0 Å². The molecule has 3 aromatic heterocycles. The summed E-state index contributed by atoms with van der Waals surface area (Å²) >= 11 is 0. The Morgan fingerprint density at radius 2 is 2.04 bits per heavy atom. The summed E-state index contributed by atoms with van der Waals surface area (Å²) in [5, 5.41) is 1.06. The molecule has 0 spiro atoms. The molecule has 24 heavy (non-hydrogen) atoms. The molecule has 7 nitrogen and oxygen atoms in total. The number of hydrogen-bond acceptors (Lipinski definition) is 4. The number of hydrogen-bond donors (Lipinski definition) is 2. The van der Waals surface area contributed by atoms with Gasteiger partial charge in [0.25, 0.3) is 0 Å². The number of nitrogens with one attached hydrogen (secondary N) is 2. The lowest BCUT2D eigenvalue weighted by Crippen LogP contribution is -2.38. The fourth-order valence-electron chi connectivity index (χ4n) is 3.17. The van der Waals surface area contributed by atoms with E-state index in [9.17, 15) is 4.79 Å². The van der Waals surface area contributed by atoms with Crippen LogP contribution in [0.1, 0.15) is 32.1 Å². The molecule has 0 bridgehead atoms. The van der Waals surface area contributed by atoms with E-state index in [1.165, 1.54) is 26.4 Å². The van der Waals surface area contributed by atoms with Crippen LogP contribution >= 0.6 is 0 Å². The molecule has 128 valence electrons. The van der Waals surface area contributed by atoms with Crippen molar-refractivity contribution >= 4 is 28.2 Å². The van der Waals surface area contributed by atoms with Crippen molar-refractivity contribution in [2.75, 3.05) is 14.2 Å². The molecule has 3 aromatic rings. The third-order valence-corrected chi connectivity index (χ3v) is 4.56. The molecular weight excluding hydrogens is 306 g/mol. The molecule has 0 aliphatic heterocycles. The standard InChI is InChI=1S/C9H17NO2.C8H6N4/c1-10(9(11)12-2)8-6-4-3-5-7-8;1-2-9-8-5(1)7-6(3-10-8)11-4-12-7/h8H,3-7H2,1-2H3;1-4H,(H,9,10)(H,11,12). The van der Waals surface area contributed by atoms with Gasteiger partial charge in [0.05, 0.1) is 25.2 Å². The summed E-state index contributed by atoms with van der Waals surface area (Å²) in [7, 11) is 3.25. The van der Waals surface area contributed by atoms with Gasteiger partial charge in [-0.25, -0.2) is 14.8 Å². The van der Waals surface area contributed by atoms with Crippen LogP contribution in [0.3, 0.4) is 0 Å². The number of aromatic amines is 2. The topological polar surface area (TPSA) is 86.9 Å². The van der Waals surface area contributed by atoms with E-state index in [0.29, 0.717) is 6.04 Å². The molecule has 1 aliphatic carbocycles. The number of ether oxygens (including phenoxy) is 1. The van der Waals surface area contributed by atoms with Crippen molar-refractivity contribution in [1.29, 1.82) is 0 Å². The Bertz CT molecular complexity index is 754. The summed E-state index contributed by atoms with van der Waals surface area (Å²) in [6.07, 6.45) is 11.2. The van der Waals surface area contributed by atoms with Crippen LogP contribution in [-0.4, -0.2) is 51.1 Å². The molecule has 0 unspecified atom stereocenters. The van der Waals surface area contributed by atoms with Crippen molar-refractivity contribution in [3.05, 3.63) is 24.8 Å². The summed E-state index contributed by atoms with van der Waals surface area (Å²) in [6, 6.07) is 2.39. The lowest BCUT2D eigenvalue weighted by molar-refractivity contribution is 0.108. The van der Waals surface area contributed by atoms with Gasteiger partial charge in [-0.3, -0.25) is 0 Å². The van der Waals surface area contributed by atoms with Crippen LogP contribution in [0.15, 0.2) is 24.8 Å². The van der Waals surface area contributed by atoms with Gasteiger partial charge in [-0.05, 0) is 18.9 Å². The first-order valence-corrected chi connectivity index (χ1v) is 8.26. The van der Waals surface area contributed by atoms with Crippen molar-refractivity contribution < 1.29 is 9.53 Å². The van der Waals surface area contributed by atoms with Crippen LogP contribution in [0, 0.1) is 0 Å². The maximum absolute atomic E-state index is 11.1. The van der Waals surface area contributed by atoms with E-state index in [2.05, 4.69) is 24.7 Å². The number of rotatable bonds is 1. The van der Waals surface area contributed by atoms with Crippen LogP contribution in [0.25, 0.3) is 22.1 Å². The minimum Gasteiger partial charge on any atom is -0.453 e. The van der Waals surface area contributed by atoms with Gasteiger partial charge < -0.3 is 19.6 Å². The molecule has 1 aliphatic rings.